The minimum Gasteiger partial charge on any atom is -0.486 e. The van der Waals surface area contributed by atoms with Crippen molar-refractivity contribution < 1.29 is 24.5 Å². The van der Waals surface area contributed by atoms with Crippen LogP contribution in [0.25, 0.3) is 55.8 Å². The summed E-state index contributed by atoms with van der Waals surface area (Å²) in [5.41, 5.74) is 12.4. The van der Waals surface area contributed by atoms with Crippen LogP contribution < -0.4 is 4.40 Å². The Labute approximate surface area is 307 Å². The van der Waals surface area contributed by atoms with Crippen LogP contribution in [0.15, 0.2) is 102 Å². The van der Waals surface area contributed by atoms with Gasteiger partial charge in [0.25, 0.3) is 0 Å². The van der Waals surface area contributed by atoms with Crippen molar-refractivity contribution in [3.05, 3.63) is 132 Å². The van der Waals surface area contributed by atoms with Crippen molar-refractivity contribution >= 4 is 39.7 Å². The van der Waals surface area contributed by atoms with Gasteiger partial charge >= 0.3 is 126 Å². The maximum Gasteiger partial charge on any atom is 0.216 e. The molecule has 7 aromatic rings. The smallest absolute Gasteiger partial charge is 0.216 e. The van der Waals surface area contributed by atoms with Crippen LogP contribution >= 0.6 is 0 Å². The van der Waals surface area contributed by atoms with Crippen molar-refractivity contribution in [3.63, 3.8) is 0 Å². The number of nitrogens with zero attached hydrogens (tertiary/aromatic N) is 3. The Kier molecular flexibility index (Phi) is 11.4. The molecule has 0 bridgehead atoms. The van der Waals surface area contributed by atoms with Crippen LogP contribution in [0.4, 0.5) is 0 Å². The molecule has 0 spiro atoms. The molecule has 0 fully saturated rings. The number of hydrogen-bond acceptors (Lipinski definition) is 4. The molecule has 0 unspecified atom stereocenters. The summed E-state index contributed by atoms with van der Waals surface area (Å²) in [6.07, 6.45) is 5.06. The van der Waals surface area contributed by atoms with Crippen LogP contribution in [0.2, 0.25) is 17.3 Å². The zero-order valence-electron chi connectivity index (χ0n) is 29.6. The van der Waals surface area contributed by atoms with Crippen LogP contribution in [0, 0.1) is 38.8 Å². The van der Waals surface area contributed by atoms with E-state index in [-0.39, 0.29) is 20.1 Å². The first-order valence-corrected chi connectivity index (χ1v) is 24.0. The third-order valence-electron chi connectivity index (χ3n) is 8.68. The van der Waals surface area contributed by atoms with E-state index in [1.165, 1.54) is 16.7 Å². The van der Waals surface area contributed by atoms with Gasteiger partial charge < -0.3 is 9.40 Å². The maximum atomic E-state index is 6.28. The molecule has 1 radical (unpaired) electrons. The van der Waals surface area contributed by atoms with E-state index in [9.17, 15) is 0 Å². The van der Waals surface area contributed by atoms with E-state index in [1.807, 2.05) is 42.5 Å². The summed E-state index contributed by atoms with van der Waals surface area (Å²) in [6, 6.07) is 35.4. The normalized spacial score (nSPS) is 11.4. The molecule has 49 heavy (non-hydrogen) atoms. The molecule has 7 rings (SSSR count). The molecule has 6 heteroatoms. The van der Waals surface area contributed by atoms with Crippen molar-refractivity contribution in [2.45, 2.75) is 58.3 Å². The summed E-state index contributed by atoms with van der Waals surface area (Å²) >= 11 is -1.86. The van der Waals surface area contributed by atoms with Gasteiger partial charge in [-0.1, -0.05) is 48.2 Å². The van der Waals surface area contributed by atoms with E-state index in [2.05, 4.69) is 118 Å². The number of aromatic nitrogens is 3. The van der Waals surface area contributed by atoms with Gasteiger partial charge in [-0.05, 0) is 48.9 Å². The largest absolute Gasteiger partial charge is 0.486 e. The minimum absolute atomic E-state index is 0. The Bertz CT molecular complexity index is 2180. The van der Waals surface area contributed by atoms with Gasteiger partial charge in [0.1, 0.15) is 0 Å². The zero-order valence-corrected chi connectivity index (χ0v) is 34.1. The molecule has 0 saturated heterocycles. The van der Waals surface area contributed by atoms with Gasteiger partial charge in [0.05, 0.1) is 11.3 Å². The molecule has 0 amide bonds. The second-order valence-electron chi connectivity index (χ2n) is 14.0. The van der Waals surface area contributed by atoms with Gasteiger partial charge in [0.2, 0.25) is 5.71 Å². The third-order valence-corrected chi connectivity index (χ3v) is 13.0. The molecule has 0 atom stereocenters. The first-order valence-electron chi connectivity index (χ1n) is 16.7. The van der Waals surface area contributed by atoms with Crippen LogP contribution in [0.1, 0.15) is 36.1 Å². The average molecular weight is 883 g/mol. The molecule has 4 nitrogen and oxygen atoms in total. The average Bonchev–Trinajstić information content (AvgIpc) is 3.45. The monoisotopic (exact) mass is 884 g/mol. The summed E-state index contributed by atoms with van der Waals surface area (Å²) in [5.74, 6) is 7.99. The molecular weight excluding hydrogens is 839 g/mol. The molecule has 0 aliphatic heterocycles. The third kappa shape index (κ3) is 7.96. The summed E-state index contributed by atoms with van der Waals surface area (Å²) < 4.78 is 7.82. The van der Waals surface area contributed by atoms with Crippen molar-refractivity contribution in [1.82, 2.24) is 15.0 Å². The van der Waals surface area contributed by atoms with Crippen LogP contribution in [0.3, 0.4) is 0 Å². The van der Waals surface area contributed by atoms with Gasteiger partial charge in [-0.25, -0.2) is 4.98 Å². The number of aryl methyl sites for hydroxylation is 3. The van der Waals surface area contributed by atoms with E-state index in [0.717, 1.165) is 62.1 Å². The van der Waals surface area contributed by atoms with Crippen molar-refractivity contribution in [2.24, 2.45) is 5.92 Å². The zero-order chi connectivity index (χ0) is 34.0. The van der Waals surface area contributed by atoms with E-state index in [1.54, 1.807) is 10.6 Å². The fourth-order valence-electron chi connectivity index (χ4n) is 6.40. The van der Waals surface area contributed by atoms with Gasteiger partial charge in [-0.3, -0.25) is 0 Å². The van der Waals surface area contributed by atoms with E-state index < -0.39 is 13.3 Å². The van der Waals surface area contributed by atoms with Gasteiger partial charge in [-0.15, -0.1) is 17.7 Å². The quantitative estimate of drug-likeness (QED) is 0.123. The van der Waals surface area contributed by atoms with Crippen molar-refractivity contribution in [2.75, 3.05) is 0 Å². The van der Waals surface area contributed by atoms with Crippen molar-refractivity contribution in [1.29, 1.82) is 0 Å². The number of benzene rings is 3. The van der Waals surface area contributed by atoms with Gasteiger partial charge in [-0.2, -0.15) is 0 Å². The van der Waals surface area contributed by atoms with E-state index in [4.69, 9.17) is 14.4 Å². The number of hydrogen-bond donors (Lipinski definition) is 0. The fraction of sp³-hybridized carbons (Fsp3) is 0.233. The fourth-order valence-corrected chi connectivity index (χ4v) is 9.74. The molecule has 0 aliphatic carbocycles. The topological polar surface area (TPSA) is 51.8 Å². The molecule has 251 valence electrons. The first kappa shape index (κ1) is 36.4. The molecule has 4 heterocycles. The summed E-state index contributed by atoms with van der Waals surface area (Å²) in [6.45, 7) is 10.9. The van der Waals surface area contributed by atoms with Crippen LogP contribution in [0.5, 0.6) is 0 Å². The second-order valence-corrected chi connectivity index (χ2v) is 24.6. The van der Waals surface area contributed by atoms with Gasteiger partial charge in [0, 0.05) is 37.3 Å². The summed E-state index contributed by atoms with van der Waals surface area (Å²) in [4.78, 5) is 14.1. The predicted molar refractivity (Wildman–Crippen MR) is 203 cm³/mol. The predicted octanol–water partition coefficient (Wildman–Crippen LogP) is 10.7. The standard InChI is InChI=1S/C25H19N2O.C18H24GeN.Ir/c1-15-7-6-8-16(2)22(15)21-13-12-19-23-17(3)10-11-18(20-9-4-5-14-26-20)24(23)28-25(19)27-21;1-14(2)11-16-12-18(15-9-7-6-8-10-15)20-13-17(16)19(3,4)5;/h4-10,12-14H,1-3H3;6-9,12-14H,11H2,1-5H3;/q2*-1;. The van der Waals surface area contributed by atoms with Crippen molar-refractivity contribution in [3.8, 4) is 33.8 Å². The molecule has 0 saturated carbocycles. The molecular formula is C43H43GeIrN3O-2. The van der Waals surface area contributed by atoms with Crippen LogP contribution in [-0.2, 0) is 26.5 Å². The number of fused-ring (bicyclic) bond motifs is 3. The minimum atomic E-state index is -1.86. The Morgan fingerprint density at radius 2 is 1.53 bits per heavy atom. The first-order chi connectivity index (χ1) is 23.0. The Hall–Kier alpha value is -3.90. The second kappa shape index (κ2) is 15.3. The SMILES string of the molecule is CC(C)Cc1cc(-c2[c-]cccc2)nc[c]1[Ge]([CH3])([CH3])[CH3].Cc1cccc(C)c1-c1ccc2c(n1)oc1c(-c3ccccn3)[c-]cc(C)c12.[Ir]. The molecule has 0 aliphatic rings. The summed E-state index contributed by atoms with van der Waals surface area (Å²) in [5, 5.41) is 2.10. The molecule has 3 aromatic carbocycles. The number of pyridine rings is 3. The summed E-state index contributed by atoms with van der Waals surface area (Å²) in [7, 11) is 0. The Morgan fingerprint density at radius 3 is 2.18 bits per heavy atom. The maximum absolute atomic E-state index is 6.28. The van der Waals surface area contributed by atoms with E-state index >= 15 is 0 Å². The Morgan fingerprint density at radius 1 is 0.776 bits per heavy atom. The molecule has 4 aromatic heterocycles. The number of furan rings is 1. The van der Waals surface area contributed by atoms with Gasteiger partial charge in [0.15, 0.2) is 0 Å². The van der Waals surface area contributed by atoms with Crippen LogP contribution in [-0.4, -0.2) is 28.2 Å². The van der Waals surface area contributed by atoms with E-state index in [0.29, 0.717) is 11.6 Å². The number of rotatable bonds is 6. The Balaban J connectivity index is 0.000000199. The molecule has 0 N–H and O–H groups in total.